The van der Waals surface area contributed by atoms with E-state index in [0.717, 1.165) is 39.4 Å². The highest BCUT2D eigenvalue weighted by Gasteiger charge is 2.51. The van der Waals surface area contributed by atoms with Crippen molar-refractivity contribution in [2.24, 2.45) is 0 Å². The van der Waals surface area contributed by atoms with E-state index in [1.165, 1.54) is 0 Å². The van der Waals surface area contributed by atoms with Crippen molar-refractivity contribution in [1.29, 1.82) is 0 Å². The van der Waals surface area contributed by atoms with E-state index in [4.69, 9.17) is 11.2 Å². The first-order valence-electron chi connectivity index (χ1n) is 12.4. The normalized spacial score (nSPS) is 16.2. The molecule has 1 fully saturated rings. The molecular formula is C25H38N3O6PS2. The fourth-order valence-electron chi connectivity index (χ4n) is 4.04. The number of amides is 1. The second-order valence-corrected chi connectivity index (χ2v) is 16.0. The molecule has 1 atom stereocenters. The largest absolute Gasteiger partial charge is 0.457 e. The third kappa shape index (κ3) is 8.86. The monoisotopic (exact) mass is 571 g/mol. The molecule has 9 nitrogen and oxygen atoms in total. The molecule has 1 unspecified atom stereocenters. The highest BCUT2D eigenvalue weighted by atomic mass is 32.7. The summed E-state index contributed by atoms with van der Waals surface area (Å²) in [6, 6.07) is 8.06. The molecule has 2 rings (SSSR count). The number of esters is 1. The molecular weight excluding hydrogens is 533 g/mol. The van der Waals surface area contributed by atoms with Gasteiger partial charge >= 0.3 is 18.5 Å². The van der Waals surface area contributed by atoms with Crippen molar-refractivity contribution in [3.63, 3.8) is 0 Å². The predicted molar refractivity (Wildman–Crippen MR) is 148 cm³/mol. The van der Waals surface area contributed by atoms with Gasteiger partial charge in [0, 0.05) is 18.3 Å². The van der Waals surface area contributed by atoms with Crippen LogP contribution in [0.2, 0.25) is 0 Å². The molecule has 0 heterocycles. The molecule has 206 valence electrons. The van der Waals surface area contributed by atoms with Crippen LogP contribution < -0.4 is 0 Å². The van der Waals surface area contributed by atoms with Gasteiger partial charge in [-0.2, -0.15) is 0 Å². The van der Waals surface area contributed by atoms with Crippen LogP contribution in [0.3, 0.4) is 0 Å². The highest BCUT2D eigenvalue weighted by molar-refractivity contribution is 8.57. The predicted octanol–water partition coefficient (Wildman–Crippen LogP) is 3.97. The molecule has 1 aliphatic rings. The molecule has 1 aromatic carbocycles. The van der Waals surface area contributed by atoms with Crippen LogP contribution in [0.1, 0.15) is 51.0 Å². The van der Waals surface area contributed by atoms with Crippen LogP contribution in [0.25, 0.3) is 0 Å². The summed E-state index contributed by atoms with van der Waals surface area (Å²) in [4.78, 5) is 27.8. The Balaban J connectivity index is 2.57. The number of carbonyl (C=O) groups excluding carboxylic acids is 2. The topological polar surface area (TPSA) is 104 Å². The molecule has 0 N–H and O–H groups in total. The minimum absolute atomic E-state index is 0.0491. The van der Waals surface area contributed by atoms with E-state index in [2.05, 4.69) is 5.92 Å². The van der Waals surface area contributed by atoms with E-state index < -0.39 is 41.1 Å². The number of rotatable bonds is 13. The maximum Gasteiger partial charge on any atom is 0.397 e. The van der Waals surface area contributed by atoms with Gasteiger partial charge in [0.25, 0.3) is 0 Å². The Morgan fingerprint density at radius 2 is 1.81 bits per heavy atom. The van der Waals surface area contributed by atoms with Gasteiger partial charge in [-0.3, -0.25) is 14.0 Å². The number of nitrogens with zero attached hydrogens (tertiary/aromatic N) is 3. The van der Waals surface area contributed by atoms with Crippen LogP contribution in [-0.4, -0.2) is 79.5 Å². The van der Waals surface area contributed by atoms with Crippen LogP contribution in [0.4, 0.5) is 0 Å². The number of carbonyl (C=O) groups is 2. The molecule has 0 aromatic heterocycles. The molecule has 0 spiro atoms. The summed E-state index contributed by atoms with van der Waals surface area (Å²) in [5.41, 5.74) is 0.535. The summed E-state index contributed by atoms with van der Waals surface area (Å²) >= 11 is 0.881. The van der Waals surface area contributed by atoms with Crippen LogP contribution in [0.5, 0.6) is 0 Å². The molecule has 1 aliphatic carbocycles. The maximum atomic E-state index is 14.9. The lowest BCUT2D eigenvalue weighted by molar-refractivity contribution is -0.157. The first-order valence-corrected chi connectivity index (χ1v) is 17.3. The molecule has 0 radical (unpaired) electrons. The van der Waals surface area contributed by atoms with E-state index in [9.17, 15) is 22.6 Å². The first-order chi connectivity index (χ1) is 17.6. The van der Waals surface area contributed by atoms with Crippen LogP contribution in [0.15, 0.2) is 30.3 Å². The first kappa shape index (κ1) is 31.4. The third-order valence-electron chi connectivity index (χ3n) is 5.80. The summed E-state index contributed by atoms with van der Waals surface area (Å²) in [7, 11) is -0.611. The Labute approximate surface area is 225 Å². The number of hydrogen-bond donors (Lipinski definition) is 0. The molecule has 0 aliphatic heterocycles. The number of terminal acetylenes is 1. The van der Waals surface area contributed by atoms with Gasteiger partial charge in [0.1, 0.15) is 6.61 Å². The second kappa shape index (κ2) is 14.9. The van der Waals surface area contributed by atoms with E-state index in [-0.39, 0.29) is 12.4 Å². The van der Waals surface area contributed by atoms with E-state index >= 15 is 0 Å². The number of likely N-dealkylation sites (N-methyl/N-ethyl adjacent to an activating group) is 1. The van der Waals surface area contributed by atoms with Crippen LogP contribution in [0, 0.1) is 12.3 Å². The number of benzene rings is 1. The Hall–Kier alpha value is -1.83. The second-order valence-electron chi connectivity index (χ2n) is 9.14. The third-order valence-corrected chi connectivity index (χ3v) is 14.5. The lowest BCUT2D eigenvalue weighted by Crippen LogP contribution is -2.46. The standard InChI is InChI=1S/C25H38N3O6PS2/c1-5-17-27(24(29)25(30)34-19-18-26(3)4)35(31,36-20-6-2)28(23-15-11-8-12-16-23)37(32,33)21-22-13-9-7-10-14-22/h1,7,9-10,13-14,23H,6,8,11-12,15-21H2,2-4H3. The summed E-state index contributed by atoms with van der Waals surface area (Å²) in [6.07, 6.45) is 9.64. The lowest BCUT2D eigenvalue weighted by Gasteiger charge is -2.41. The van der Waals surface area contributed by atoms with Gasteiger partial charge in [0.05, 0.1) is 12.3 Å². The number of sulfonamides is 1. The summed E-state index contributed by atoms with van der Waals surface area (Å²) in [5.74, 6) is -0.175. The lowest BCUT2D eigenvalue weighted by atomic mass is 9.96. The Morgan fingerprint density at radius 1 is 1.16 bits per heavy atom. The molecule has 1 saturated carbocycles. The van der Waals surface area contributed by atoms with Crippen molar-refractivity contribution < 1.29 is 27.3 Å². The minimum atomic E-state index is -4.27. The van der Waals surface area contributed by atoms with Crippen molar-refractivity contribution in [1.82, 2.24) is 13.6 Å². The quantitative estimate of drug-likeness (QED) is 0.152. The van der Waals surface area contributed by atoms with Gasteiger partial charge in [0.15, 0.2) is 0 Å². The van der Waals surface area contributed by atoms with Crippen molar-refractivity contribution in [3.8, 4) is 12.3 Å². The van der Waals surface area contributed by atoms with Gasteiger partial charge in [-0.1, -0.05) is 73.8 Å². The zero-order chi connectivity index (χ0) is 27.5. The highest BCUT2D eigenvalue weighted by Crippen LogP contribution is 2.67. The van der Waals surface area contributed by atoms with Crippen LogP contribution >= 0.6 is 18.0 Å². The smallest absolute Gasteiger partial charge is 0.397 e. The van der Waals surface area contributed by atoms with Crippen LogP contribution in [-0.2, 0) is 34.7 Å². The molecule has 1 aromatic rings. The summed E-state index contributed by atoms with van der Waals surface area (Å²) < 4.78 is 49.8. The van der Waals surface area contributed by atoms with Crippen molar-refractivity contribution >= 4 is 39.9 Å². The molecule has 37 heavy (non-hydrogen) atoms. The number of hydrogen-bond acceptors (Lipinski definition) is 8. The maximum absolute atomic E-state index is 14.9. The van der Waals surface area contributed by atoms with E-state index in [1.54, 1.807) is 49.3 Å². The van der Waals surface area contributed by atoms with Gasteiger partial charge < -0.3 is 9.64 Å². The fraction of sp³-hybridized carbons (Fsp3) is 0.600. The summed E-state index contributed by atoms with van der Waals surface area (Å²) in [5, 5.41) is 0. The van der Waals surface area contributed by atoms with E-state index in [1.807, 2.05) is 6.92 Å². The summed E-state index contributed by atoms with van der Waals surface area (Å²) in [6.45, 7) is -2.55. The van der Waals surface area contributed by atoms with Crippen molar-refractivity contribution in [3.05, 3.63) is 35.9 Å². The molecule has 0 saturated heterocycles. The van der Waals surface area contributed by atoms with Gasteiger partial charge in [0.2, 0.25) is 10.0 Å². The molecule has 1 amide bonds. The zero-order valence-corrected chi connectivity index (χ0v) is 24.4. The molecule has 0 bridgehead atoms. The Morgan fingerprint density at radius 3 is 2.38 bits per heavy atom. The zero-order valence-electron chi connectivity index (χ0n) is 21.9. The minimum Gasteiger partial charge on any atom is -0.457 e. The fourth-order valence-corrected chi connectivity index (χ4v) is 13.4. The average molecular weight is 572 g/mol. The van der Waals surface area contributed by atoms with E-state index in [0.29, 0.717) is 37.1 Å². The average Bonchev–Trinajstić information content (AvgIpc) is 2.86. The van der Waals surface area contributed by atoms with Gasteiger partial charge in [-0.15, -0.1) is 10.5 Å². The SMILES string of the molecule is C#CCN(C(=O)C(=O)OCCN(C)C)P(=O)(SCCC)N(C1CCCCC1)S(=O)(=O)Cc1ccccc1. The number of ether oxygens (including phenoxy) is 1. The Kier molecular flexibility index (Phi) is 12.7. The molecule has 12 heteroatoms. The van der Waals surface area contributed by atoms with Crippen molar-refractivity contribution in [2.75, 3.05) is 39.5 Å². The Bertz CT molecular complexity index is 1090. The van der Waals surface area contributed by atoms with Gasteiger partial charge in [-0.25, -0.2) is 13.2 Å². The van der Waals surface area contributed by atoms with Gasteiger partial charge in [-0.05, 0) is 38.9 Å². The van der Waals surface area contributed by atoms with Crippen molar-refractivity contribution in [2.45, 2.75) is 57.2 Å².